The predicted octanol–water partition coefficient (Wildman–Crippen LogP) is 5.11. The lowest BCUT2D eigenvalue weighted by molar-refractivity contribution is -0.137. The summed E-state index contributed by atoms with van der Waals surface area (Å²) in [5, 5.41) is 8.86. The van der Waals surface area contributed by atoms with Crippen LogP contribution < -0.4 is 9.64 Å². The number of anilines is 1. The second kappa shape index (κ2) is 11.2. The van der Waals surface area contributed by atoms with Gasteiger partial charge in [-0.25, -0.2) is 4.39 Å². The number of nitrogens with zero attached hydrogens (tertiary/aromatic N) is 3. The van der Waals surface area contributed by atoms with E-state index in [4.69, 9.17) is 9.84 Å². The van der Waals surface area contributed by atoms with Crippen molar-refractivity contribution in [3.63, 3.8) is 0 Å². The first kappa shape index (κ1) is 25.7. The number of carboxylic acid groups (broad SMARTS) is 1. The van der Waals surface area contributed by atoms with Crippen LogP contribution in [0.3, 0.4) is 0 Å². The van der Waals surface area contributed by atoms with Crippen LogP contribution >= 0.6 is 0 Å². The average molecular weight is 518 g/mol. The number of halogens is 1. The number of amides is 1. The molecule has 3 heterocycles. The number of aliphatic carboxylic acids is 1. The number of rotatable bonds is 7. The largest absolute Gasteiger partial charge is 0.492 e. The van der Waals surface area contributed by atoms with Crippen LogP contribution in [-0.4, -0.2) is 59.1 Å². The molecule has 0 aliphatic carbocycles. The Morgan fingerprint density at radius 3 is 2.66 bits per heavy atom. The Morgan fingerprint density at radius 1 is 1.11 bits per heavy atom. The van der Waals surface area contributed by atoms with Gasteiger partial charge in [0.1, 0.15) is 11.6 Å². The van der Waals surface area contributed by atoms with Gasteiger partial charge in [0.05, 0.1) is 30.0 Å². The fourth-order valence-electron chi connectivity index (χ4n) is 5.43. The van der Waals surface area contributed by atoms with E-state index < -0.39 is 11.8 Å². The zero-order valence-corrected chi connectivity index (χ0v) is 21.5. The quantitative estimate of drug-likeness (QED) is 0.469. The highest BCUT2D eigenvalue weighted by atomic mass is 19.1. The van der Waals surface area contributed by atoms with Crippen molar-refractivity contribution < 1.29 is 23.8 Å². The number of hydrogen-bond acceptors (Lipinski definition) is 5. The van der Waals surface area contributed by atoms with E-state index in [1.54, 1.807) is 35.2 Å². The van der Waals surface area contributed by atoms with Crippen LogP contribution in [-0.2, 0) is 11.2 Å². The Bertz CT molecular complexity index is 1340. The highest BCUT2D eigenvalue weighted by Crippen LogP contribution is 2.33. The second-order valence-corrected chi connectivity index (χ2v) is 9.98. The van der Waals surface area contributed by atoms with Crippen molar-refractivity contribution in [3.8, 4) is 16.9 Å². The average Bonchev–Trinajstić information content (AvgIpc) is 2.92. The summed E-state index contributed by atoms with van der Waals surface area (Å²) in [5.41, 5.74) is 4.78. The first-order valence-electron chi connectivity index (χ1n) is 13.2. The summed E-state index contributed by atoms with van der Waals surface area (Å²) in [4.78, 5) is 32.9. The first-order chi connectivity index (χ1) is 18.4. The van der Waals surface area contributed by atoms with Crippen molar-refractivity contribution >= 4 is 17.6 Å². The van der Waals surface area contributed by atoms with Crippen molar-refractivity contribution in [3.05, 3.63) is 77.4 Å². The number of ether oxygens (including phenoxy) is 1. The SMILES string of the molecule is Cc1cnc2c(c1)N(C1CCN(C(=O)c3ccc(-c4ccccc4OCCC(=O)O)cc3F)CC1)CCC2. The third kappa shape index (κ3) is 5.49. The Kier molecular flexibility index (Phi) is 7.58. The lowest BCUT2D eigenvalue weighted by Crippen LogP contribution is -2.48. The van der Waals surface area contributed by atoms with Gasteiger partial charge in [0.15, 0.2) is 0 Å². The van der Waals surface area contributed by atoms with Gasteiger partial charge in [-0.05, 0) is 68.0 Å². The summed E-state index contributed by atoms with van der Waals surface area (Å²) in [6, 6.07) is 14.2. The number of aryl methyl sites for hydroxylation is 2. The number of hydrogen-bond donors (Lipinski definition) is 1. The molecule has 5 rings (SSSR count). The lowest BCUT2D eigenvalue weighted by atomic mass is 9.97. The minimum Gasteiger partial charge on any atom is -0.492 e. The van der Waals surface area contributed by atoms with Crippen molar-refractivity contribution in [1.29, 1.82) is 0 Å². The lowest BCUT2D eigenvalue weighted by Gasteiger charge is -2.42. The van der Waals surface area contributed by atoms with Crippen LogP contribution in [0.25, 0.3) is 11.1 Å². The Balaban J connectivity index is 1.26. The number of pyridine rings is 1. The maximum absolute atomic E-state index is 15.2. The summed E-state index contributed by atoms with van der Waals surface area (Å²) < 4.78 is 20.8. The topological polar surface area (TPSA) is 83.0 Å². The van der Waals surface area contributed by atoms with Crippen LogP contribution in [0.4, 0.5) is 10.1 Å². The molecular weight excluding hydrogens is 485 g/mol. The Labute approximate surface area is 221 Å². The molecule has 2 aliphatic rings. The van der Waals surface area contributed by atoms with Crippen molar-refractivity contribution in [2.45, 2.75) is 45.1 Å². The number of carbonyl (C=O) groups excluding carboxylic acids is 1. The maximum Gasteiger partial charge on any atom is 0.306 e. The van der Waals surface area contributed by atoms with Gasteiger partial charge in [-0.1, -0.05) is 24.3 Å². The number of carboxylic acids is 1. The van der Waals surface area contributed by atoms with Crippen LogP contribution in [0.15, 0.2) is 54.7 Å². The van der Waals surface area contributed by atoms with Gasteiger partial charge in [-0.3, -0.25) is 14.6 Å². The highest BCUT2D eigenvalue weighted by molar-refractivity contribution is 5.95. The number of benzene rings is 2. The molecule has 0 unspecified atom stereocenters. The molecule has 3 aromatic rings. The second-order valence-electron chi connectivity index (χ2n) is 9.98. The van der Waals surface area contributed by atoms with Gasteiger partial charge in [0.2, 0.25) is 0 Å². The van der Waals surface area contributed by atoms with Crippen molar-refractivity contribution in [2.24, 2.45) is 0 Å². The number of piperidine rings is 1. The van der Waals surface area contributed by atoms with E-state index in [2.05, 4.69) is 22.9 Å². The molecule has 1 aromatic heterocycles. The zero-order valence-electron chi connectivity index (χ0n) is 21.5. The Hall–Kier alpha value is -3.94. The van der Waals surface area contributed by atoms with E-state index in [0.29, 0.717) is 36.0 Å². The molecule has 0 spiro atoms. The number of fused-ring (bicyclic) bond motifs is 1. The number of aromatic nitrogens is 1. The van der Waals surface area contributed by atoms with E-state index >= 15 is 4.39 Å². The molecule has 1 fully saturated rings. The minimum absolute atomic E-state index is 0.0144. The maximum atomic E-state index is 15.2. The number of para-hydroxylation sites is 1. The molecule has 0 saturated carbocycles. The van der Waals surface area contributed by atoms with E-state index in [1.807, 2.05) is 6.20 Å². The van der Waals surface area contributed by atoms with Crippen LogP contribution in [0.5, 0.6) is 5.75 Å². The molecule has 1 amide bonds. The molecule has 2 aliphatic heterocycles. The summed E-state index contributed by atoms with van der Waals surface area (Å²) in [5.74, 6) is -1.36. The van der Waals surface area contributed by atoms with Gasteiger partial charge in [0, 0.05) is 37.4 Å². The van der Waals surface area contributed by atoms with E-state index in [9.17, 15) is 9.59 Å². The normalized spacial score (nSPS) is 15.7. The van der Waals surface area contributed by atoms with Gasteiger partial charge in [0.25, 0.3) is 5.91 Å². The molecule has 0 radical (unpaired) electrons. The molecular formula is C30H32FN3O4. The molecule has 0 bridgehead atoms. The van der Waals surface area contributed by atoms with Crippen LogP contribution in [0.2, 0.25) is 0 Å². The van der Waals surface area contributed by atoms with Gasteiger partial charge in [-0.2, -0.15) is 0 Å². The van der Waals surface area contributed by atoms with Gasteiger partial charge < -0.3 is 19.6 Å². The summed E-state index contributed by atoms with van der Waals surface area (Å²) in [6.07, 6.45) is 5.53. The number of likely N-dealkylation sites (tertiary alicyclic amines) is 1. The van der Waals surface area contributed by atoms with Gasteiger partial charge in [-0.15, -0.1) is 0 Å². The minimum atomic E-state index is -0.951. The molecule has 8 heteroatoms. The molecule has 0 atom stereocenters. The summed E-state index contributed by atoms with van der Waals surface area (Å²) >= 11 is 0. The van der Waals surface area contributed by atoms with Crippen molar-refractivity contribution in [2.75, 3.05) is 31.1 Å². The third-order valence-corrected chi connectivity index (χ3v) is 7.37. The summed E-state index contributed by atoms with van der Waals surface area (Å²) in [7, 11) is 0. The van der Waals surface area contributed by atoms with Crippen molar-refractivity contribution in [1.82, 2.24) is 9.88 Å². The third-order valence-electron chi connectivity index (χ3n) is 7.37. The van der Waals surface area contributed by atoms with E-state index in [1.165, 1.54) is 17.8 Å². The standard InChI is InChI=1S/C30H32FN3O4/c1-20-17-27-26(32-19-20)6-4-13-34(27)22-10-14-33(15-11-22)30(37)24-9-8-21(18-25(24)31)23-5-2-3-7-28(23)38-16-12-29(35)36/h2-3,5,7-9,17-19,22H,4,6,10-16H2,1H3,(H,35,36). The zero-order chi connectivity index (χ0) is 26.6. The monoisotopic (exact) mass is 517 g/mol. The molecule has 7 nitrogen and oxygen atoms in total. The summed E-state index contributed by atoms with van der Waals surface area (Å²) in [6.45, 7) is 4.23. The smallest absolute Gasteiger partial charge is 0.306 e. The van der Waals surface area contributed by atoms with Crippen LogP contribution in [0, 0.1) is 12.7 Å². The fourth-order valence-corrected chi connectivity index (χ4v) is 5.43. The fraction of sp³-hybridized carbons (Fsp3) is 0.367. The molecule has 1 saturated heterocycles. The van der Waals surface area contributed by atoms with E-state index in [-0.39, 0.29) is 24.5 Å². The molecule has 198 valence electrons. The van der Waals surface area contributed by atoms with E-state index in [0.717, 1.165) is 43.5 Å². The van der Waals surface area contributed by atoms with Crippen LogP contribution in [0.1, 0.15) is 47.3 Å². The molecule has 38 heavy (non-hydrogen) atoms. The Morgan fingerprint density at radius 2 is 1.89 bits per heavy atom. The molecule has 2 aromatic carbocycles. The highest BCUT2D eigenvalue weighted by Gasteiger charge is 2.31. The first-order valence-corrected chi connectivity index (χ1v) is 13.2. The van der Waals surface area contributed by atoms with Gasteiger partial charge >= 0.3 is 5.97 Å². The number of carbonyl (C=O) groups is 2. The predicted molar refractivity (Wildman–Crippen MR) is 143 cm³/mol. The molecule has 1 N–H and O–H groups in total.